The Morgan fingerprint density at radius 3 is 2.57 bits per heavy atom. The summed E-state index contributed by atoms with van der Waals surface area (Å²) in [4.78, 5) is 23.2. The third-order valence-corrected chi connectivity index (χ3v) is 9.62. The van der Waals surface area contributed by atoms with Crippen molar-refractivity contribution < 1.29 is 14.7 Å². The van der Waals surface area contributed by atoms with E-state index in [2.05, 4.69) is 30.6 Å². The summed E-state index contributed by atoms with van der Waals surface area (Å²) in [5, 5.41) is 16.9. The Bertz CT molecular complexity index is 734. The van der Waals surface area contributed by atoms with E-state index < -0.39 is 0 Å². The van der Waals surface area contributed by atoms with Crippen LogP contribution in [0.15, 0.2) is 11.6 Å². The number of hydrogen-bond donors (Lipinski definition) is 3. The average Bonchev–Trinajstić information content (AvgIpc) is 3.07. The van der Waals surface area contributed by atoms with Gasteiger partial charge in [0.1, 0.15) is 0 Å². The predicted octanol–water partition coefficient (Wildman–Crippen LogP) is 3.57. The van der Waals surface area contributed by atoms with E-state index in [1.165, 1.54) is 12.8 Å². The number of carbonyl (C=O) groups excluding carboxylic acids is 2. The van der Waals surface area contributed by atoms with E-state index in [-0.39, 0.29) is 41.3 Å². The topological polar surface area (TPSA) is 78.4 Å². The van der Waals surface area contributed by atoms with Crippen LogP contribution in [0.1, 0.15) is 79.1 Å². The zero-order valence-electron chi connectivity index (χ0n) is 19.2. The normalized spacial score (nSPS) is 43.5. The number of allylic oxidation sites excluding steroid dienone is 1. The van der Waals surface area contributed by atoms with E-state index in [9.17, 15) is 14.7 Å². The highest BCUT2D eigenvalue weighted by atomic mass is 16.3. The van der Waals surface area contributed by atoms with Crippen LogP contribution in [0.25, 0.3) is 0 Å². The highest BCUT2D eigenvalue weighted by Gasteiger charge is 2.61. The van der Waals surface area contributed by atoms with Gasteiger partial charge in [-0.1, -0.05) is 18.6 Å². The molecule has 0 heterocycles. The van der Waals surface area contributed by atoms with Crippen molar-refractivity contribution in [3.05, 3.63) is 11.6 Å². The Hall–Kier alpha value is -1.36. The molecule has 2 amide bonds. The first-order valence-corrected chi connectivity index (χ1v) is 12.1. The molecule has 4 rings (SSSR count). The SMILES string of the molecule is CC(=O)NC1CC[C@@]2(C)C(=CC[C@H]3[C@@H]4CC[C@H](C(C)NC(C)=O)[C@@]4(CO)CC[C@@H]32)C1. The van der Waals surface area contributed by atoms with Crippen LogP contribution >= 0.6 is 0 Å². The zero-order chi connectivity index (χ0) is 21.7. The number of rotatable bonds is 4. The van der Waals surface area contributed by atoms with Crippen LogP contribution in [-0.4, -0.2) is 35.6 Å². The van der Waals surface area contributed by atoms with Crippen LogP contribution in [0.2, 0.25) is 0 Å². The molecular weight excluding hydrogens is 376 g/mol. The summed E-state index contributed by atoms with van der Waals surface area (Å²) in [6.07, 6.45) is 11.3. The molecule has 0 spiro atoms. The zero-order valence-corrected chi connectivity index (χ0v) is 19.2. The lowest BCUT2D eigenvalue weighted by molar-refractivity contribution is -0.122. The summed E-state index contributed by atoms with van der Waals surface area (Å²) >= 11 is 0. The van der Waals surface area contributed by atoms with Gasteiger partial charge >= 0.3 is 0 Å². The van der Waals surface area contributed by atoms with Crippen molar-refractivity contribution in [3.8, 4) is 0 Å². The van der Waals surface area contributed by atoms with E-state index in [0.29, 0.717) is 23.7 Å². The van der Waals surface area contributed by atoms with Crippen LogP contribution in [0, 0.1) is 34.5 Å². The van der Waals surface area contributed by atoms with E-state index >= 15 is 0 Å². The molecule has 0 bridgehead atoms. The van der Waals surface area contributed by atoms with Crippen molar-refractivity contribution in [3.63, 3.8) is 0 Å². The maximum Gasteiger partial charge on any atom is 0.217 e. The number of aliphatic hydroxyl groups excluding tert-OH is 1. The number of hydrogen-bond acceptors (Lipinski definition) is 3. The van der Waals surface area contributed by atoms with E-state index in [4.69, 9.17) is 0 Å². The Labute approximate surface area is 181 Å². The summed E-state index contributed by atoms with van der Waals surface area (Å²) in [5.41, 5.74) is 1.75. The highest BCUT2D eigenvalue weighted by molar-refractivity contribution is 5.73. The van der Waals surface area contributed by atoms with Crippen molar-refractivity contribution >= 4 is 11.8 Å². The quantitative estimate of drug-likeness (QED) is 0.613. The maximum absolute atomic E-state index is 11.7. The molecule has 2 unspecified atom stereocenters. The third-order valence-electron chi connectivity index (χ3n) is 9.62. The molecular formula is C25H40N2O3. The molecule has 4 aliphatic rings. The summed E-state index contributed by atoms with van der Waals surface area (Å²) in [6, 6.07) is 0.405. The predicted molar refractivity (Wildman–Crippen MR) is 117 cm³/mol. The minimum Gasteiger partial charge on any atom is -0.396 e. The summed E-state index contributed by atoms with van der Waals surface area (Å²) in [7, 11) is 0. The number of aliphatic hydroxyl groups is 1. The Morgan fingerprint density at radius 2 is 1.90 bits per heavy atom. The summed E-state index contributed by atoms with van der Waals surface area (Å²) < 4.78 is 0. The molecule has 3 saturated carbocycles. The summed E-state index contributed by atoms with van der Waals surface area (Å²) in [5.74, 6) is 2.33. The lowest BCUT2D eigenvalue weighted by Crippen LogP contribution is -2.55. The maximum atomic E-state index is 11.7. The molecule has 3 N–H and O–H groups in total. The van der Waals surface area contributed by atoms with Gasteiger partial charge in [-0.2, -0.15) is 0 Å². The monoisotopic (exact) mass is 416 g/mol. The average molecular weight is 417 g/mol. The van der Waals surface area contributed by atoms with Crippen molar-refractivity contribution in [1.29, 1.82) is 0 Å². The van der Waals surface area contributed by atoms with Crippen LogP contribution in [0.3, 0.4) is 0 Å². The fourth-order valence-corrected chi connectivity index (χ4v) is 8.41. The minimum atomic E-state index is -0.0435. The molecule has 5 nitrogen and oxygen atoms in total. The Balaban J connectivity index is 1.57. The van der Waals surface area contributed by atoms with Gasteiger partial charge in [-0.3, -0.25) is 9.59 Å². The van der Waals surface area contributed by atoms with Gasteiger partial charge in [-0.05, 0) is 87.4 Å². The van der Waals surface area contributed by atoms with Gasteiger partial charge in [0.2, 0.25) is 11.8 Å². The third kappa shape index (κ3) is 3.41. The first kappa shape index (κ1) is 21.9. The number of fused-ring (bicyclic) bond motifs is 5. The standard InChI is InChI=1S/C25H40N2O3/c1-15(26-16(2)29)21-7-8-23-20-6-5-18-13-19(27-17(3)30)9-11-24(18,4)22(20)10-12-25(21,23)14-28/h5,15,19-23,28H,6-14H2,1-4H3,(H,26,29)(H,27,30)/t15?,19?,20-,21-,22+,23+,24+,25+/m1/s1. The van der Waals surface area contributed by atoms with Gasteiger partial charge < -0.3 is 15.7 Å². The van der Waals surface area contributed by atoms with Crippen LogP contribution < -0.4 is 10.6 Å². The van der Waals surface area contributed by atoms with Gasteiger partial charge in [0, 0.05) is 38.0 Å². The largest absolute Gasteiger partial charge is 0.396 e. The van der Waals surface area contributed by atoms with Gasteiger partial charge in [-0.15, -0.1) is 0 Å². The van der Waals surface area contributed by atoms with Gasteiger partial charge in [0.05, 0.1) is 0 Å². The van der Waals surface area contributed by atoms with Crippen LogP contribution in [-0.2, 0) is 9.59 Å². The highest BCUT2D eigenvalue weighted by Crippen LogP contribution is 2.66. The second-order valence-corrected chi connectivity index (χ2v) is 11.0. The smallest absolute Gasteiger partial charge is 0.217 e. The second-order valence-electron chi connectivity index (χ2n) is 11.0. The van der Waals surface area contributed by atoms with Gasteiger partial charge in [0.15, 0.2) is 0 Å². The fourth-order valence-electron chi connectivity index (χ4n) is 8.41. The molecule has 3 fully saturated rings. The molecule has 0 aromatic rings. The van der Waals surface area contributed by atoms with Crippen molar-refractivity contribution in [2.75, 3.05) is 6.61 Å². The Kier molecular flexibility index (Phi) is 5.80. The van der Waals surface area contributed by atoms with Crippen LogP contribution in [0.4, 0.5) is 0 Å². The van der Waals surface area contributed by atoms with E-state index in [1.54, 1.807) is 19.4 Å². The molecule has 168 valence electrons. The summed E-state index contributed by atoms with van der Waals surface area (Å²) in [6.45, 7) is 8.05. The van der Waals surface area contributed by atoms with Crippen molar-refractivity contribution in [2.24, 2.45) is 34.5 Å². The van der Waals surface area contributed by atoms with E-state index in [0.717, 1.165) is 38.5 Å². The fraction of sp³-hybridized carbons (Fsp3) is 0.840. The lowest BCUT2D eigenvalue weighted by atomic mass is 9.47. The molecule has 4 aliphatic carbocycles. The molecule has 8 atom stereocenters. The van der Waals surface area contributed by atoms with E-state index in [1.807, 2.05) is 0 Å². The van der Waals surface area contributed by atoms with Crippen molar-refractivity contribution in [1.82, 2.24) is 10.6 Å². The number of nitrogens with one attached hydrogen (secondary N) is 2. The molecule has 0 radical (unpaired) electrons. The second kappa shape index (κ2) is 7.96. The Morgan fingerprint density at radius 1 is 1.13 bits per heavy atom. The van der Waals surface area contributed by atoms with Crippen molar-refractivity contribution in [2.45, 2.75) is 91.1 Å². The minimum absolute atomic E-state index is 0.0291. The molecule has 5 heteroatoms. The van der Waals surface area contributed by atoms with Gasteiger partial charge in [-0.25, -0.2) is 0 Å². The number of amides is 2. The first-order valence-electron chi connectivity index (χ1n) is 12.1. The first-order chi connectivity index (χ1) is 14.2. The molecule has 0 aliphatic heterocycles. The molecule has 0 saturated heterocycles. The number of carbonyl (C=O) groups is 2. The molecule has 0 aromatic carbocycles. The van der Waals surface area contributed by atoms with Gasteiger partial charge in [0.25, 0.3) is 0 Å². The lowest BCUT2D eigenvalue weighted by Gasteiger charge is -2.59. The van der Waals surface area contributed by atoms with Crippen LogP contribution in [0.5, 0.6) is 0 Å². The molecule has 30 heavy (non-hydrogen) atoms. The molecule has 0 aromatic heterocycles.